The topological polar surface area (TPSA) is 46.6 Å². The Bertz CT molecular complexity index is 557. The molecule has 1 atom stereocenters. The fourth-order valence-electron chi connectivity index (χ4n) is 2.91. The van der Waals surface area contributed by atoms with Gasteiger partial charge in [0.05, 0.1) is 6.42 Å². The SMILES string of the molecule is Cc1ccc(C(=O)N2CCC[C@@H](CC(=O)OC(C)(C)C)C2)cc1. The summed E-state index contributed by atoms with van der Waals surface area (Å²) in [6, 6.07) is 7.65. The highest BCUT2D eigenvalue weighted by Gasteiger charge is 2.27. The monoisotopic (exact) mass is 317 g/mol. The summed E-state index contributed by atoms with van der Waals surface area (Å²) < 4.78 is 5.39. The Morgan fingerprint density at radius 1 is 1.22 bits per heavy atom. The third-order valence-corrected chi connectivity index (χ3v) is 3.98. The highest BCUT2D eigenvalue weighted by Crippen LogP contribution is 2.23. The summed E-state index contributed by atoms with van der Waals surface area (Å²) in [5.41, 5.74) is 1.40. The molecule has 4 nitrogen and oxygen atoms in total. The van der Waals surface area contributed by atoms with Gasteiger partial charge in [-0.1, -0.05) is 17.7 Å². The number of benzene rings is 1. The van der Waals surface area contributed by atoms with Gasteiger partial charge in [0.1, 0.15) is 5.60 Å². The molecule has 1 aliphatic heterocycles. The molecule has 4 heteroatoms. The number of hydrogen-bond acceptors (Lipinski definition) is 3. The number of amides is 1. The molecular weight excluding hydrogens is 290 g/mol. The summed E-state index contributed by atoms with van der Waals surface area (Å²) in [6.45, 7) is 9.02. The first kappa shape index (κ1) is 17.5. The molecule has 1 saturated heterocycles. The van der Waals surface area contributed by atoms with Crippen LogP contribution in [0.5, 0.6) is 0 Å². The van der Waals surface area contributed by atoms with Crippen molar-refractivity contribution in [2.45, 2.75) is 52.6 Å². The number of nitrogens with zero attached hydrogens (tertiary/aromatic N) is 1. The molecule has 0 saturated carbocycles. The van der Waals surface area contributed by atoms with Crippen LogP contribution in [-0.4, -0.2) is 35.5 Å². The molecule has 0 spiro atoms. The molecule has 2 rings (SSSR count). The third-order valence-electron chi connectivity index (χ3n) is 3.98. The summed E-state index contributed by atoms with van der Waals surface area (Å²) in [7, 11) is 0. The second kappa shape index (κ2) is 7.16. The lowest BCUT2D eigenvalue weighted by molar-refractivity contribution is -0.156. The Labute approximate surface area is 138 Å². The summed E-state index contributed by atoms with van der Waals surface area (Å²) in [5.74, 6) is 0.0685. The first-order valence-electron chi connectivity index (χ1n) is 8.32. The van der Waals surface area contributed by atoms with E-state index < -0.39 is 5.60 Å². The molecular formula is C19H27NO3. The fraction of sp³-hybridized carbons (Fsp3) is 0.579. The van der Waals surface area contributed by atoms with Crippen LogP contribution in [0.15, 0.2) is 24.3 Å². The Kier molecular flexibility index (Phi) is 5.45. The standard InChI is InChI=1S/C19H27NO3/c1-14-7-9-16(10-8-14)18(22)20-11-5-6-15(13-20)12-17(21)23-19(2,3)4/h7-10,15H,5-6,11-13H2,1-4H3/t15-/m0/s1. The van der Waals surface area contributed by atoms with Crippen LogP contribution in [-0.2, 0) is 9.53 Å². The predicted molar refractivity (Wildman–Crippen MR) is 90.3 cm³/mol. The molecule has 0 aromatic heterocycles. The number of hydrogen-bond donors (Lipinski definition) is 0. The van der Waals surface area contributed by atoms with Gasteiger partial charge in [-0.05, 0) is 58.6 Å². The zero-order valence-electron chi connectivity index (χ0n) is 14.6. The van der Waals surface area contributed by atoms with Crippen LogP contribution in [0.25, 0.3) is 0 Å². The van der Waals surface area contributed by atoms with E-state index in [0.29, 0.717) is 18.5 Å². The van der Waals surface area contributed by atoms with Crippen molar-refractivity contribution in [2.24, 2.45) is 5.92 Å². The first-order chi connectivity index (χ1) is 10.7. The van der Waals surface area contributed by atoms with E-state index in [1.807, 2.05) is 56.9 Å². The van der Waals surface area contributed by atoms with Gasteiger partial charge in [0, 0.05) is 18.7 Å². The van der Waals surface area contributed by atoms with Crippen LogP contribution in [0.4, 0.5) is 0 Å². The Balaban J connectivity index is 1.94. The van der Waals surface area contributed by atoms with E-state index in [1.54, 1.807) is 0 Å². The van der Waals surface area contributed by atoms with Crippen LogP contribution in [0.2, 0.25) is 0 Å². The lowest BCUT2D eigenvalue weighted by Crippen LogP contribution is -2.41. The van der Waals surface area contributed by atoms with Gasteiger partial charge in [-0.25, -0.2) is 0 Å². The van der Waals surface area contributed by atoms with Gasteiger partial charge in [0.2, 0.25) is 0 Å². The highest BCUT2D eigenvalue weighted by molar-refractivity contribution is 5.94. The summed E-state index contributed by atoms with van der Waals surface area (Å²) in [5, 5.41) is 0. The number of rotatable bonds is 3. The molecule has 126 valence electrons. The lowest BCUT2D eigenvalue weighted by Gasteiger charge is -2.33. The Morgan fingerprint density at radius 3 is 2.48 bits per heavy atom. The van der Waals surface area contributed by atoms with E-state index in [4.69, 9.17) is 4.74 Å². The Hall–Kier alpha value is -1.84. The third kappa shape index (κ3) is 5.38. The molecule has 1 fully saturated rings. The van der Waals surface area contributed by atoms with Crippen molar-refractivity contribution < 1.29 is 14.3 Å². The van der Waals surface area contributed by atoms with E-state index in [2.05, 4.69) is 0 Å². The van der Waals surface area contributed by atoms with Crippen molar-refractivity contribution in [3.8, 4) is 0 Å². The Morgan fingerprint density at radius 2 is 1.87 bits per heavy atom. The summed E-state index contributed by atoms with van der Waals surface area (Å²) >= 11 is 0. The number of ether oxygens (including phenoxy) is 1. The first-order valence-corrected chi connectivity index (χ1v) is 8.32. The van der Waals surface area contributed by atoms with Gasteiger partial charge in [-0.3, -0.25) is 9.59 Å². The zero-order chi connectivity index (χ0) is 17.0. The molecule has 23 heavy (non-hydrogen) atoms. The molecule has 0 radical (unpaired) electrons. The van der Waals surface area contributed by atoms with Crippen LogP contribution >= 0.6 is 0 Å². The van der Waals surface area contributed by atoms with Gasteiger partial charge in [0.25, 0.3) is 5.91 Å². The maximum absolute atomic E-state index is 12.6. The largest absolute Gasteiger partial charge is 0.460 e. The lowest BCUT2D eigenvalue weighted by atomic mass is 9.94. The average molecular weight is 317 g/mol. The second-order valence-electron chi connectivity index (χ2n) is 7.42. The maximum Gasteiger partial charge on any atom is 0.306 e. The number of esters is 1. The van der Waals surface area contributed by atoms with E-state index >= 15 is 0 Å². The molecule has 1 amide bonds. The van der Waals surface area contributed by atoms with Crippen LogP contribution in [0.3, 0.4) is 0 Å². The minimum Gasteiger partial charge on any atom is -0.460 e. The van der Waals surface area contributed by atoms with Crippen molar-refractivity contribution in [1.29, 1.82) is 0 Å². The van der Waals surface area contributed by atoms with Gasteiger partial charge in [-0.2, -0.15) is 0 Å². The number of carbonyl (C=O) groups excluding carboxylic acids is 2. The molecule has 1 aromatic rings. The van der Waals surface area contributed by atoms with Crippen molar-refractivity contribution >= 4 is 11.9 Å². The van der Waals surface area contributed by atoms with E-state index in [9.17, 15) is 9.59 Å². The fourth-order valence-corrected chi connectivity index (χ4v) is 2.91. The number of aryl methyl sites for hydroxylation is 1. The zero-order valence-corrected chi connectivity index (χ0v) is 14.6. The number of likely N-dealkylation sites (tertiary alicyclic amines) is 1. The molecule has 1 aromatic carbocycles. The van der Waals surface area contributed by atoms with Gasteiger partial charge in [0.15, 0.2) is 0 Å². The van der Waals surface area contributed by atoms with E-state index in [-0.39, 0.29) is 17.8 Å². The minimum absolute atomic E-state index is 0.0545. The highest BCUT2D eigenvalue weighted by atomic mass is 16.6. The van der Waals surface area contributed by atoms with Crippen LogP contribution in [0.1, 0.15) is 56.0 Å². The maximum atomic E-state index is 12.6. The molecule has 1 aliphatic rings. The van der Waals surface area contributed by atoms with Crippen molar-refractivity contribution in [1.82, 2.24) is 4.90 Å². The number of piperidine rings is 1. The minimum atomic E-state index is -0.455. The normalized spacial score (nSPS) is 18.6. The van der Waals surface area contributed by atoms with E-state index in [0.717, 1.165) is 24.9 Å². The predicted octanol–water partition coefficient (Wildman–Crippen LogP) is 3.58. The molecule has 0 N–H and O–H groups in total. The second-order valence-corrected chi connectivity index (χ2v) is 7.42. The molecule has 1 heterocycles. The van der Waals surface area contributed by atoms with Crippen LogP contribution in [0, 0.1) is 12.8 Å². The smallest absolute Gasteiger partial charge is 0.306 e. The number of carbonyl (C=O) groups is 2. The summed E-state index contributed by atoms with van der Waals surface area (Å²) in [6.07, 6.45) is 2.29. The molecule has 0 unspecified atom stereocenters. The van der Waals surface area contributed by atoms with Crippen molar-refractivity contribution in [2.75, 3.05) is 13.1 Å². The quantitative estimate of drug-likeness (QED) is 0.801. The van der Waals surface area contributed by atoms with Crippen molar-refractivity contribution in [3.63, 3.8) is 0 Å². The van der Waals surface area contributed by atoms with E-state index in [1.165, 1.54) is 0 Å². The molecule has 0 aliphatic carbocycles. The van der Waals surface area contributed by atoms with Gasteiger partial charge >= 0.3 is 5.97 Å². The average Bonchev–Trinajstić information content (AvgIpc) is 2.45. The van der Waals surface area contributed by atoms with Gasteiger partial charge < -0.3 is 9.64 Å². The van der Waals surface area contributed by atoms with Gasteiger partial charge in [-0.15, -0.1) is 0 Å². The molecule has 0 bridgehead atoms. The van der Waals surface area contributed by atoms with Crippen molar-refractivity contribution in [3.05, 3.63) is 35.4 Å². The summed E-state index contributed by atoms with van der Waals surface area (Å²) in [4.78, 5) is 26.4. The van der Waals surface area contributed by atoms with Crippen LogP contribution < -0.4 is 0 Å².